The molecule has 0 radical (unpaired) electrons. The Morgan fingerprint density at radius 1 is 0.950 bits per heavy atom. The second kappa shape index (κ2) is 7.41. The molecule has 2 rings (SSSR count). The van der Waals surface area contributed by atoms with Gasteiger partial charge in [-0.1, -0.05) is 37.4 Å². The topological polar surface area (TPSA) is 37.8 Å². The van der Waals surface area contributed by atoms with Gasteiger partial charge in [0.05, 0.1) is 0 Å². The van der Waals surface area contributed by atoms with Crippen LogP contribution in [0.1, 0.15) is 55.5 Å². The summed E-state index contributed by atoms with van der Waals surface area (Å²) in [6, 6.07) is 0.589. The lowest BCUT2D eigenvalue weighted by atomic mass is 9.96. The Balaban J connectivity index is 2.12. The van der Waals surface area contributed by atoms with E-state index in [1.54, 1.807) is 0 Å². The maximum absolute atomic E-state index is 4.67. The van der Waals surface area contributed by atoms with Gasteiger partial charge in [0.1, 0.15) is 0 Å². The van der Waals surface area contributed by atoms with E-state index >= 15 is 0 Å². The van der Waals surface area contributed by atoms with Crippen LogP contribution in [0.15, 0.2) is 5.16 Å². The minimum atomic E-state index is 0.589. The SMILES string of the molecule is CNC1CCCCCCC1Sc1nc(C)c(C)c(C)n1. The lowest BCUT2D eigenvalue weighted by Crippen LogP contribution is -2.36. The van der Waals surface area contributed by atoms with Crippen LogP contribution in [0.3, 0.4) is 0 Å². The maximum Gasteiger partial charge on any atom is 0.188 e. The summed E-state index contributed by atoms with van der Waals surface area (Å²) in [7, 11) is 2.09. The molecule has 1 aromatic heterocycles. The first-order chi connectivity index (χ1) is 9.61. The van der Waals surface area contributed by atoms with Crippen molar-refractivity contribution in [1.29, 1.82) is 0 Å². The fourth-order valence-electron chi connectivity index (χ4n) is 2.85. The van der Waals surface area contributed by atoms with Gasteiger partial charge in [0, 0.05) is 22.7 Å². The van der Waals surface area contributed by atoms with E-state index in [0.717, 1.165) is 16.5 Å². The van der Waals surface area contributed by atoms with Gasteiger partial charge in [0.15, 0.2) is 5.16 Å². The second-order valence-corrected chi connectivity index (χ2v) is 7.05. The first-order valence-corrected chi connectivity index (χ1v) is 8.65. The summed E-state index contributed by atoms with van der Waals surface area (Å²) >= 11 is 1.87. The van der Waals surface area contributed by atoms with E-state index in [1.165, 1.54) is 44.1 Å². The fraction of sp³-hybridized carbons (Fsp3) is 0.750. The zero-order chi connectivity index (χ0) is 14.5. The Labute approximate surface area is 127 Å². The van der Waals surface area contributed by atoms with Crippen molar-refractivity contribution in [3.8, 4) is 0 Å². The monoisotopic (exact) mass is 293 g/mol. The minimum absolute atomic E-state index is 0.589. The van der Waals surface area contributed by atoms with Crippen LogP contribution in [0.5, 0.6) is 0 Å². The van der Waals surface area contributed by atoms with Gasteiger partial charge in [-0.15, -0.1) is 0 Å². The molecule has 20 heavy (non-hydrogen) atoms. The smallest absolute Gasteiger partial charge is 0.188 e. The molecule has 1 heterocycles. The summed E-state index contributed by atoms with van der Waals surface area (Å²) in [5.74, 6) is 0. The summed E-state index contributed by atoms with van der Waals surface area (Å²) in [5, 5.41) is 5.06. The highest BCUT2D eigenvalue weighted by Gasteiger charge is 2.23. The third-order valence-electron chi connectivity index (χ3n) is 4.44. The van der Waals surface area contributed by atoms with Crippen LogP contribution in [-0.2, 0) is 0 Å². The first-order valence-electron chi connectivity index (χ1n) is 7.77. The van der Waals surface area contributed by atoms with Crippen molar-refractivity contribution < 1.29 is 0 Å². The number of aryl methyl sites for hydroxylation is 2. The Kier molecular flexibility index (Phi) is 5.85. The van der Waals surface area contributed by atoms with Crippen molar-refractivity contribution in [1.82, 2.24) is 15.3 Å². The van der Waals surface area contributed by atoms with E-state index in [4.69, 9.17) is 0 Å². The molecule has 1 N–H and O–H groups in total. The number of nitrogens with zero attached hydrogens (tertiary/aromatic N) is 2. The third-order valence-corrected chi connectivity index (χ3v) is 5.70. The van der Waals surface area contributed by atoms with E-state index < -0.39 is 0 Å². The van der Waals surface area contributed by atoms with Crippen LogP contribution < -0.4 is 5.32 Å². The second-order valence-electron chi connectivity index (χ2n) is 5.85. The number of hydrogen-bond acceptors (Lipinski definition) is 4. The number of nitrogens with one attached hydrogen (secondary N) is 1. The summed E-state index contributed by atoms with van der Waals surface area (Å²) in [6.07, 6.45) is 7.98. The lowest BCUT2D eigenvalue weighted by Gasteiger charge is -2.28. The molecule has 0 aliphatic heterocycles. The Bertz CT molecular complexity index is 424. The van der Waals surface area contributed by atoms with Crippen LogP contribution in [0, 0.1) is 20.8 Å². The van der Waals surface area contributed by atoms with Gasteiger partial charge in [0.2, 0.25) is 0 Å². The lowest BCUT2D eigenvalue weighted by molar-refractivity contribution is 0.420. The molecule has 0 bridgehead atoms. The third kappa shape index (κ3) is 3.95. The molecular formula is C16H27N3S. The number of rotatable bonds is 3. The molecular weight excluding hydrogens is 266 g/mol. The van der Waals surface area contributed by atoms with E-state index in [0.29, 0.717) is 11.3 Å². The minimum Gasteiger partial charge on any atom is -0.316 e. The van der Waals surface area contributed by atoms with E-state index in [1.807, 2.05) is 11.8 Å². The van der Waals surface area contributed by atoms with Gasteiger partial charge < -0.3 is 5.32 Å². The molecule has 0 spiro atoms. The highest BCUT2D eigenvalue weighted by Crippen LogP contribution is 2.31. The van der Waals surface area contributed by atoms with Crippen LogP contribution >= 0.6 is 11.8 Å². The first kappa shape index (κ1) is 15.8. The number of aromatic nitrogens is 2. The highest BCUT2D eigenvalue weighted by molar-refractivity contribution is 7.99. The van der Waals surface area contributed by atoms with Crippen LogP contribution in [-0.4, -0.2) is 28.3 Å². The maximum atomic E-state index is 4.67. The van der Waals surface area contributed by atoms with Gasteiger partial charge in [0.25, 0.3) is 0 Å². The Morgan fingerprint density at radius 2 is 1.55 bits per heavy atom. The Hall–Kier alpha value is -0.610. The Morgan fingerprint density at radius 3 is 2.15 bits per heavy atom. The van der Waals surface area contributed by atoms with Crippen LogP contribution in [0.4, 0.5) is 0 Å². The molecule has 2 atom stereocenters. The van der Waals surface area contributed by atoms with Gasteiger partial charge in [-0.05, 0) is 46.2 Å². The number of thioether (sulfide) groups is 1. The zero-order valence-electron chi connectivity index (χ0n) is 13.2. The van der Waals surface area contributed by atoms with Crippen LogP contribution in [0.25, 0.3) is 0 Å². The van der Waals surface area contributed by atoms with Gasteiger partial charge in [-0.3, -0.25) is 0 Å². The molecule has 1 saturated carbocycles. The van der Waals surface area contributed by atoms with Crippen molar-refractivity contribution in [2.75, 3.05) is 7.05 Å². The normalized spacial score (nSPS) is 24.2. The van der Waals surface area contributed by atoms with Crippen molar-refractivity contribution in [2.24, 2.45) is 0 Å². The predicted octanol–water partition coefficient (Wildman–Crippen LogP) is 3.80. The average molecular weight is 293 g/mol. The van der Waals surface area contributed by atoms with Crippen LogP contribution in [0.2, 0.25) is 0 Å². The summed E-state index contributed by atoms with van der Waals surface area (Å²) < 4.78 is 0. The van der Waals surface area contributed by atoms with Crippen molar-refractivity contribution in [2.45, 2.75) is 75.7 Å². The molecule has 1 aliphatic rings. The highest BCUT2D eigenvalue weighted by atomic mass is 32.2. The molecule has 0 aromatic carbocycles. The quantitative estimate of drug-likeness (QED) is 0.860. The van der Waals surface area contributed by atoms with Gasteiger partial charge in [-0.25, -0.2) is 9.97 Å². The molecule has 0 saturated heterocycles. The zero-order valence-corrected chi connectivity index (χ0v) is 14.0. The van der Waals surface area contributed by atoms with Crippen molar-refractivity contribution in [3.63, 3.8) is 0 Å². The summed E-state index contributed by atoms with van der Waals surface area (Å²) in [6.45, 7) is 6.27. The molecule has 4 heteroatoms. The van der Waals surface area contributed by atoms with E-state index in [-0.39, 0.29) is 0 Å². The molecule has 3 nitrogen and oxygen atoms in total. The fourth-order valence-corrected chi connectivity index (χ4v) is 4.22. The largest absolute Gasteiger partial charge is 0.316 e. The molecule has 112 valence electrons. The molecule has 1 aromatic rings. The van der Waals surface area contributed by atoms with E-state index in [9.17, 15) is 0 Å². The number of hydrogen-bond donors (Lipinski definition) is 1. The average Bonchev–Trinajstić information content (AvgIpc) is 2.39. The van der Waals surface area contributed by atoms with Crippen molar-refractivity contribution in [3.05, 3.63) is 17.0 Å². The summed E-state index contributed by atoms with van der Waals surface area (Å²) in [4.78, 5) is 9.35. The standard InChI is InChI=1S/C16H27N3S/c1-11-12(2)18-16(19-13(11)3)20-15-10-8-6-5-7-9-14(15)17-4/h14-15,17H,5-10H2,1-4H3. The molecule has 2 unspecified atom stereocenters. The van der Waals surface area contributed by atoms with Gasteiger partial charge in [-0.2, -0.15) is 0 Å². The predicted molar refractivity (Wildman–Crippen MR) is 86.4 cm³/mol. The van der Waals surface area contributed by atoms with E-state index in [2.05, 4.69) is 43.1 Å². The van der Waals surface area contributed by atoms with Gasteiger partial charge >= 0.3 is 0 Å². The summed E-state index contributed by atoms with van der Waals surface area (Å²) in [5.41, 5.74) is 3.45. The molecule has 0 amide bonds. The molecule has 1 fully saturated rings. The molecule has 1 aliphatic carbocycles. The van der Waals surface area contributed by atoms with Crippen molar-refractivity contribution >= 4 is 11.8 Å².